The van der Waals surface area contributed by atoms with Gasteiger partial charge in [0.1, 0.15) is 5.75 Å². The summed E-state index contributed by atoms with van der Waals surface area (Å²) in [5.74, 6) is -1.32. The Kier molecular flexibility index (Phi) is 3.70. The Bertz CT molecular complexity index is 681. The minimum absolute atomic E-state index is 0.0774. The summed E-state index contributed by atoms with van der Waals surface area (Å²) in [6, 6.07) is 11.6. The summed E-state index contributed by atoms with van der Waals surface area (Å²) in [5, 5.41) is 9.53. The lowest BCUT2D eigenvalue weighted by molar-refractivity contribution is 0.0990. The fourth-order valence-corrected chi connectivity index (χ4v) is 1.96. The van der Waals surface area contributed by atoms with Crippen molar-refractivity contribution < 1.29 is 14.7 Å². The largest absolute Gasteiger partial charge is 0.507 e. The summed E-state index contributed by atoms with van der Waals surface area (Å²) in [4.78, 5) is 22.3. The number of carbonyl (C=O) groups excluding carboxylic acids is 2. The van der Waals surface area contributed by atoms with Crippen LogP contribution in [0, 0.1) is 0 Å². The minimum Gasteiger partial charge on any atom is -0.507 e. The van der Waals surface area contributed by atoms with Crippen molar-refractivity contribution in [3.05, 3.63) is 64.7 Å². The number of phenols is 1. The molecule has 102 valence electrons. The van der Waals surface area contributed by atoms with Gasteiger partial charge in [-0.25, -0.2) is 0 Å². The molecular weight excluding hydrogens is 256 g/mol. The summed E-state index contributed by atoms with van der Waals surface area (Å²) in [5.41, 5.74) is 12.6. The van der Waals surface area contributed by atoms with Gasteiger partial charge in [0.15, 0.2) is 0 Å². The Morgan fingerprint density at radius 3 is 2.30 bits per heavy atom. The molecule has 0 aliphatic heterocycles. The fourth-order valence-electron chi connectivity index (χ4n) is 1.96. The zero-order valence-electron chi connectivity index (χ0n) is 10.7. The standard InChI is InChI=1S/C15H14N2O3/c16-14(19)11-3-1-2-9(7-11)6-10-4-5-13(18)12(8-10)15(17)20/h1-5,7-8,18H,6H2,(H2,16,19)(H2,17,20). The van der Waals surface area contributed by atoms with Crippen LogP contribution in [0.15, 0.2) is 42.5 Å². The second-order valence-corrected chi connectivity index (χ2v) is 4.46. The van der Waals surface area contributed by atoms with E-state index in [4.69, 9.17) is 11.5 Å². The van der Waals surface area contributed by atoms with Crippen LogP contribution in [0.4, 0.5) is 0 Å². The number of hydrogen-bond donors (Lipinski definition) is 3. The number of carbonyl (C=O) groups is 2. The lowest BCUT2D eigenvalue weighted by atomic mass is 10.0. The molecule has 5 nitrogen and oxygen atoms in total. The van der Waals surface area contributed by atoms with Gasteiger partial charge in [0, 0.05) is 5.56 Å². The third kappa shape index (κ3) is 2.95. The molecule has 0 aromatic heterocycles. The predicted octanol–water partition coefficient (Wildman–Crippen LogP) is 1.18. The van der Waals surface area contributed by atoms with Crippen molar-refractivity contribution in [3.8, 4) is 5.75 Å². The summed E-state index contributed by atoms with van der Waals surface area (Å²) >= 11 is 0. The van der Waals surface area contributed by atoms with E-state index in [1.807, 2.05) is 6.07 Å². The van der Waals surface area contributed by atoms with E-state index in [1.165, 1.54) is 12.1 Å². The van der Waals surface area contributed by atoms with Crippen molar-refractivity contribution in [2.45, 2.75) is 6.42 Å². The van der Waals surface area contributed by atoms with Crippen molar-refractivity contribution in [2.75, 3.05) is 0 Å². The molecule has 2 aromatic carbocycles. The van der Waals surface area contributed by atoms with Crippen molar-refractivity contribution in [1.82, 2.24) is 0 Å². The minimum atomic E-state index is -0.685. The van der Waals surface area contributed by atoms with Crippen LogP contribution in [0.5, 0.6) is 5.75 Å². The Morgan fingerprint density at radius 1 is 0.950 bits per heavy atom. The van der Waals surface area contributed by atoms with Gasteiger partial charge >= 0.3 is 0 Å². The number of nitrogens with two attached hydrogens (primary N) is 2. The molecule has 2 aromatic rings. The van der Waals surface area contributed by atoms with Gasteiger partial charge in [-0.15, -0.1) is 0 Å². The van der Waals surface area contributed by atoms with Crippen molar-refractivity contribution in [2.24, 2.45) is 11.5 Å². The summed E-state index contributed by atoms with van der Waals surface area (Å²) in [6.45, 7) is 0. The van der Waals surface area contributed by atoms with Crippen LogP contribution >= 0.6 is 0 Å². The molecule has 0 saturated carbocycles. The maximum atomic E-state index is 11.2. The molecule has 2 amide bonds. The molecule has 0 heterocycles. The van der Waals surface area contributed by atoms with Gasteiger partial charge in [0.25, 0.3) is 5.91 Å². The SMILES string of the molecule is NC(=O)c1cccc(Cc2ccc(O)c(C(N)=O)c2)c1. The van der Waals surface area contributed by atoms with Gasteiger partial charge < -0.3 is 16.6 Å². The number of amides is 2. The van der Waals surface area contributed by atoms with Crippen LogP contribution in [-0.4, -0.2) is 16.9 Å². The molecule has 0 aliphatic rings. The topological polar surface area (TPSA) is 106 Å². The van der Waals surface area contributed by atoms with Crippen LogP contribution in [0.25, 0.3) is 0 Å². The summed E-state index contributed by atoms with van der Waals surface area (Å²) in [6.07, 6.45) is 0.502. The van der Waals surface area contributed by atoms with Gasteiger partial charge in [-0.2, -0.15) is 0 Å². The highest BCUT2D eigenvalue weighted by atomic mass is 16.3. The van der Waals surface area contributed by atoms with E-state index in [2.05, 4.69) is 0 Å². The lowest BCUT2D eigenvalue weighted by Gasteiger charge is -2.06. The highest BCUT2D eigenvalue weighted by Gasteiger charge is 2.09. The average molecular weight is 270 g/mol. The third-order valence-corrected chi connectivity index (χ3v) is 2.95. The Hall–Kier alpha value is -2.82. The highest BCUT2D eigenvalue weighted by Crippen LogP contribution is 2.20. The monoisotopic (exact) mass is 270 g/mol. The highest BCUT2D eigenvalue weighted by molar-refractivity contribution is 5.95. The normalized spacial score (nSPS) is 10.2. The predicted molar refractivity (Wildman–Crippen MR) is 74.4 cm³/mol. The smallest absolute Gasteiger partial charge is 0.252 e. The van der Waals surface area contributed by atoms with Crippen LogP contribution in [0.1, 0.15) is 31.8 Å². The number of hydrogen-bond acceptors (Lipinski definition) is 3. The zero-order chi connectivity index (χ0) is 14.7. The molecule has 0 aliphatic carbocycles. The van der Waals surface area contributed by atoms with Gasteiger partial charge in [-0.3, -0.25) is 9.59 Å². The molecule has 0 bridgehead atoms. The van der Waals surface area contributed by atoms with Crippen molar-refractivity contribution in [1.29, 1.82) is 0 Å². The summed E-state index contributed by atoms with van der Waals surface area (Å²) in [7, 11) is 0. The second kappa shape index (κ2) is 5.44. The van der Waals surface area contributed by atoms with Crippen LogP contribution in [-0.2, 0) is 6.42 Å². The third-order valence-electron chi connectivity index (χ3n) is 2.95. The second-order valence-electron chi connectivity index (χ2n) is 4.46. The molecule has 5 N–H and O–H groups in total. The first-order valence-electron chi connectivity index (χ1n) is 5.98. The molecule has 2 rings (SSSR count). The van der Waals surface area contributed by atoms with Gasteiger partial charge in [0.05, 0.1) is 5.56 Å². The van der Waals surface area contributed by atoms with Crippen LogP contribution < -0.4 is 11.5 Å². The molecule has 0 radical (unpaired) electrons. The molecule has 0 fully saturated rings. The first-order chi connectivity index (χ1) is 9.47. The van der Waals surface area contributed by atoms with E-state index >= 15 is 0 Å². The summed E-state index contributed by atoms with van der Waals surface area (Å²) < 4.78 is 0. The van der Waals surface area contributed by atoms with E-state index in [-0.39, 0.29) is 11.3 Å². The van der Waals surface area contributed by atoms with Crippen molar-refractivity contribution >= 4 is 11.8 Å². The molecule has 0 saturated heterocycles. The number of benzene rings is 2. The molecule has 5 heteroatoms. The molecule has 20 heavy (non-hydrogen) atoms. The molecular formula is C15H14N2O3. The quantitative estimate of drug-likeness (QED) is 0.776. The molecule has 0 atom stereocenters. The van der Waals surface area contributed by atoms with Crippen LogP contribution in [0.3, 0.4) is 0 Å². The van der Waals surface area contributed by atoms with E-state index in [9.17, 15) is 14.7 Å². The number of rotatable bonds is 4. The first-order valence-corrected chi connectivity index (χ1v) is 5.98. The van der Waals surface area contributed by atoms with E-state index in [0.717, 1.165) is 11.1 Å². The van der Waals surface area contributed by atoms with Crippen molar-refractivity contribution in [3.63, 3.8) is 0 Å². The van der Waals surface area contributed by atoms with Gasteiger partial charge in [-0.05, 0) is 41.8 Å². The zero-order valence-corrected chi connectivity index (χ0v) is 10.7. The first kappa shape index (κ1) is 13.6. The Balaban J connectivity index is 2.30. The van der Waals surface area contributed by atoms with E-state index in [1.54, 1.807) is 24.3 Å². The maximum Gasteiger partial charge on any atom is 0.252 e. The van der Waals surface area contributed by atoms with E-state index < -0.39 is 11.8 Å². The lowest BCUT2D eigenvalue weighted by Crippen LogP contribution is -2.12. The van der Waals surface area contributed by atoms with Gasteiger partial charge in [-0.1, -0.05) is 18.2 Å². The van der Waals surface area contributed by atoms with E-state index in [0.29, 0.717) is 12.0 Å². The van der Waals surface area contributed by atoms with Crippen LogP contribution in [0.2, 0.25) is 0 Å². The fraction of sp³-hybridized carbons (Fsp3) is 0.0667. The molecule has 0 spiro atoms. The molecule has 0 unspecified atom stereocenters. The maximum absolute atomic E-state index is 11.2. The van der Waals surface area contributed by atoms with Gasteiger partial charge in [0.2, 0.25) is 5.91 Å². The average Bonchev–Trinajstić information content (AvgIpc) is 2.41. The number of primary amides is 2. The number of aromatic hydroxyl groups is 1. The Morgan fingerprint density at radius 2 is 1.65 bits per heavy atom. The Labute approximate surface area is 115 Å².